The van der Waals surface area contributed by atoms with Gasteiger partial charge < -0.3 is 19.3 Å². The van der Waals surface area contributed by atoms with Crippen molar-refractivity contribution in [3.63, 3.8) is 0 Å². The first kappa shape index (κ1) is 27.4. The second-order valence-electron chi connectivity index (χ2n) is 12.3. The zero-order valence-corrected chi connectivity index (χ0v) is 24.8. The van der Waals surface area contributed by atoms with Crippen LogP contribution >= 0.6 is 11.6 Å². The number of aryl methyl sites for hydroxylation is 2. The summed E-state index contributed by atoms with van der Waals surface area (Å²) in [5.41, 5.74) is 9.31. The van der Waals surface area contributed by atoms with Gasteiger partial charge in [-0.3, -0.25) is 10.6 Å². The molecule has 3 unspecified atom stereocenters. The van der Waals surface area contributed by atoms with Crippen molar-refractivity contribution in [3.05, 3.63) is 40.2 Å². The standard InChI is InChI=1S/C30H39ClN6O3/c1-17-26(25-18(2)35-40-19(25)3)33-27(23-14-22(8-9-24(23)31)39-29(5,32)20(4)38)34-28(17)37-13-11-30(16-37)10-12-36(15-30)21-6-7-21/h8-9,14,20-21,38H,6-7,10-13,15-16,32H2,1-5H3. The minimum atomic E-state index is -1.27. The summed E-state index contributed by atoms with van der Waals surface area (Å²) >= 11 is 6.74. The number of hydrogen-bond donors (Lipinski definition) is 2. The zero-order valence-electron chi connectivity index (χ0n) is 24.0. The summed E-state index contributed by atoms with van der Waals surface area (Å²) in [4.78, 5) is 15.3. The molecule has 3 aromatic rings. The number of halogens is 1. The van der Waals surface area contributed by atoms with E-state index in [1.54, 1.807) is 32.0 Å². The van der Waals surface area contributed by atoms with Crippen molar-refractivity contribution in [1.82, 2.24) is 20.0 Å². The van der Waals surface area contributed by atoms with Gasteiger partial charge in [0, 0.05) is 42.2 Å². The molecule has 2 aliphatic heterocycles. The molecular weight excluding hydrogens is 528 g/mol. The van der Waals surface area contributed by atoms with E-state index in [1.165, 1.54) is 32.4 Å². The van der Waals surface area contributed by atoms with E-state index in [0.717, 1.165) is 53.9 Å². The smallest absolute Gasteiger partial charge is 0.181 e. The minimum absolute atomic E-state index is 0.307. The largest absolute Gasteiger partial charge is 0.471 e. The van der Waals surface area contributed by atoms with Gasteiger partial charge >= 0.3 is 0 Å². The molecular formula is C30H39ClN6O3. The summed E-state index contributed by atoms with van der Waals surface area (Å²) in [6.07, 6.45) is 4.21. The third-order valence-corrected chi connectivity index (χ3v) is 9.33. The van der Waals surface area contributed by atoms with Gasteiger partial charge in [-0.05, 0) is 85.0 Å². The molecule has 1 aromatic carbocycles. The second-order valence-corrected chi connectivity index (χ2v) is 12.7. The molecule has 2 aromatic heterocycles. The summed E-state index contributed by atoms with van der Waals surface area (Å²) in [6, 6.07) is 6.07. The van der Waals surface area contributed by atoms with Gasteiger partial charge in [0.1, 0.15) is 23.4 Å². The highest BCUT2D eigenvalue weighted by Gasteiger charge is 2.47. The Labute approximate surface area is 240 Å². The molecule has 3 fully saturated rings. The van der Waals surface area contributed by atoms with Crippen LogP contribution in [0.3, 0.4) is 0 Å². The lowest BCUT2D eigenvalue weighted by Crippen LogP contribution is -2.51. The van der Waals surface area contributed by atoms with Crippen LogP contribution in [-0.4, -0.2) is 69.2 Å². The summed E-state index contributed by atoms with van der Waals surface area (Å²) in [7, 11) is 0. The molecule has 0 bridgehead atoms. The van der Waals surface area contributed by atoms with Crippen molar-refractivity contribution in [2.45, 2.75) is 78.2 Å². The summed E-state index contributed by atoms with van der Waals surface area (Å²) in [5.74, 6) is 2.59. The van der Waals surface area contributed by atoms with Crippen LogP contribution in [0.5, 0.6) is 5.75 Å². The normalized spacial score (nSPS) is 23.6. The molecule has 3 atom stereocenters. The highest BCUT2D eigenvalue weighted by atomic mass is 35.5. The highest BCUT2D eigenvalue weighted by molar-refractivity contribution is 6.33. The number of benzene rings is 1. The molecule has 40 heavy (non-hydrogen) atoms. The van der Waals surface area contributed by atoms with Crippen LogP contribution in [-0.2, 0) is 0 Å². The summed E-state index contributed by atoms with van der Waals surface area (Å²) in [5, 5.41) is 14.8. The molecule has 2 saturated heterocycles. The number of aliphatic hydroxyl groups is 1. The Kier molecular flexibility index (Phi) is 6.85. The van der Waals surface area contributed by atoms with Crippen molar-refractivity contribution in [2.75, 3.05) is 31.1 Å². The van der Waals surface area contributed by atoms with E-state index in [0.29, 0.717) is 33.3 Å². The Bertz CT molecular complexity index is 1420. The van der Waals surface area contributed by atoms with E-state index >= 15 is 0 Å². The van der Waals surface area contributed by atoms with Crippen LogP contribution < -0.4 is 15.4 Å². The van der Waals surface area contributed by atoms with Crippen molar-refractivity contribution < 1.29 is 14.4 Å². The van der Waals surface area contributed by atoms with E-state index in [1.807, 2.05) is 13.8 Å². The average Bonchev–Trinajstić information content (AvgIpc) is 3.42. The number of nitrogens with zero attached hydrogens (tertiary/aromatic N) is 5. The number of likely N-dealkylation sites (tertiary alicyclic amines) is 1. The van der Waals surface area contributed by atoms with Crippen LogP contribution in [0.4, 0.5) is 5.82 Å². The number of rotatable bonds is 7. The molecule has 3 N–H and O–H groups in total. The Morgan fingerprint density at radius 2 is 1.93 bits per heavy atom. The van der Waals surface area contributed by atoms with E-state index < -0.39 is 11.8 Å². The fraction of sp³-hybridized carbons (Fsp3) is 0.567. The maximum Gasteiger partial charge on any atom is 0.181 e. The fourth-order valence-electron chi connectivity index (χ4n) is 6.25. The molecule has 0 radical (unpaired) electrons. The molecule has 1 spiro atoms. The van der Waals surface area contributed by atoms with E-state index in [4.69, 9.17) is 36.6 Å². The third-order valence-electron chi connectivity index (χ3n) is 9.01. The molecule has 1 saturated carbocycles. The molecule has 10 heteroatoms. The van der Waals surface area contributed by atoms with Gasteiger partial charge in [0.25, 0.3) is 0 Å². The van der Waals surface area contributed by atoms with Gasteiger partial charge in [-0.1, -0.05) is 16.8 Å². The first-order valence-electron chi connectivity index (χ1n) is 14.2. The molecule has 4 heterocycles. The van der Waals surface area contributed by atoms with E-state index in [9.17, 15) is 5.11 Å². The zero-order chi connectivity index (χ0) is 28.4. The van der Waals surface area contributed by atoms with Crippen molar-refractivity contribution in [3.8, 4) is 28.4 Å². The number of anilines is 1. The Morgan fingerprint density at radius 1 is 1.18 bits per heavy atom. The SMILES string of the molecule is Cc1noc(C)c1-c1nc(-c2cc(OC(C)(N)C(C)O)ccc2Cl)nc(N2CCC3(CCN(C4CC4)C3)C2)c1C. The van der Waals surface area contributed by atoms with Crippen LogP contribution in [0.2, 0.25) is 5.02 Å². The Morgan fingerprint density at radius 3 is 2.60 bits per heavy atom. The molecule has 1 aliphatic carbocycles. The number of nitrogens with two attached hydrogens (primary N) is 1. The first-order chi connectivity index (χ1) is 19.0. The predicted octanol–water partition coefficient (Wildman–Crippen LogP) is 4.88. The van der Waals surface area contributed by atoms with Gasteiger partial charge in [0.05, 0.1) is 22.0 Å². The lowest BCUT2D eigenvalue weighted by Gasteiger charge is -2.29. The van der Waals surface area contributed by atoms with Crippen molar-refractivity contribution in [2.24, 2.45) is 11.1 Å². The van der Waals surface area contributed by atoms with Crippen LogP contribution in [0.15, 0.2) is 22.7 Å². The molecule has 6 rings (SSSR count). The minimum Gasteiger partial charge on any atom is -0.471 e. The van der Waals surface area contributed by atoms with Gasteiger partial charge in [-0.25, -0.2) is 9.97 Å². The first-order valence-corrected chi connectivity index (χ1v) is 14.6. The van der Waals surface area contributed by atoms with Gasteiger partial charge in [0.2, 0.25) is 0 Å². The van der Waals surface area contributed by atoms with Gasteiger partial charge in [-0.15, -0.1) is 0 Å². The monoisotopic (exact) mass is 566 g/mol. The van der Waals surface area contributed by atoms with Crippen LogP contribution in [0, 0.1) is 26.2 Å². The summed E-state index contributed by atoms with van der Waals surface area (Å²) < 4.78 is 11.5. The van der Waals surface area contributed by atoms with E-state index in [2.05, 4.69) is 21.9 Å². The van der Waals surface area contributed by atoms with Gasteiger partial charge in [0.15, 0.2) is 11.5 Å². The molecule has 0 amide bonds. The Hall–Kier alpha value is -2.72. The molecule has 9 nitrogen and oxygen atoms in total. The lowest BCUT2D eigenvalue weighted by molar-refractivity contribution is -0.0268. The quantitative estimate of drug-likeness (QED) is 0.386. The van der Waals surface area contributed by atoms with E-state index in [-0.39, 0.29) is 0 Å². The number of aromatic nitrogens is 3. The summed E-state index contributed by atoms with van der Waals surface area (Å²) in [6.45, 7) is 13.5. The molecule has 214 valence electrons. The van der Waals surface area contributed by atoms with Crippen LogP contribution in [0.1, 0.15) is 56.5 Å². The third kappa shape index (κ3) is 4.98. The predicted molar refractivity (Wildman–Crippen MR) is 156 cm³/mol. The second kappa shape index (κ2) is 9.98. The molecule has 3 aliphatic rings. The van der Waals surface area contributed by atoms with Crippen LogP contribution in [0.25, 0.3) is 22.6 Å². The van der Waals surface area contributed by atoms with Crippen molar-refractivity contribution >= 4 is 17.4 Å². The number of aliphatic hydroxyl groups excluding tert-OH is 1. The fourth-order valence-corrected chi connectivity index (χ4v) is 6.45. The lowest BCUT2D eigenvalue weighted by atomic mass is 9.86. The average molecular weight is 567 g/mol. The maximum atomic E-state index is 10.1. The highest BCUT2D eigenvalue weighted by Crippen LogP contribution is 2.46. The van der Waals surface area contributed by atoms with Gasteiger partial charge in [-0.2, -0.15) is 0 Å². The maximum absolute atomic E-state index is 10.1. The number of ether oxygens (including phenoxy) is 1. The Balaban J connectivity index is 1.42. The van der Waals surface area contributed by atoms with Crippen molar-refractivity contribution in [1.29, 1.82) is 0 Å². The topological polar surface area (TPSA) is 114 Å². The number of hydrogen-bond acceptors (Lipinski definition) is 9.